The summed E-state index contributed by atoms with van der Waals surface area (Å²) in [5, 5.41) is 0. The van der Waals surface area contributed by atoms with Gasteiger partial charge in [0.1, 0.15) is 5.75 Å². The van der Waals surface area contributed by atoms with E-state index < -0.39 is 10.0 Å². The molecule has 0 radical (unpaired) electrons. The van der Waals surface area contributed by atoms with E-state index in [9.17, 15) is 8.42 Å². The third-order valence-electron chi connectivity index (χ3n) is 5.17. The molecule has 0 amide bonds. The van der Waals surface area contributed by atoms with Crippen LogP contribution < -0.4 is 10.5 Å². The minimum atomic E-state index is -3.42. The molecular formula is C18H28N2O3S. The van der Waals surface area contributed by atoms with Crippen molar-refractivity contribution in [1.82, 2.24) is 4.31 Å². The van der Waals surface area contributed by atoms with Gasteiger partial charge in [0.15, 0.2) is 0 Å². The van der Waals surface area contributed by atoms with Crippen molar-refractivity contribution < 1.29 is 13.2 Å². The lowest BCUT2D eigenvalue weighted by Crippen LogP contribution is -2.42. The molecule has 3 rings (SSSR count). The highest BCUT2D eigenvalue weighted by atomic mass is 32.2. The average molecular weight is 353 g/mol. The van der Waals surface area contributed by atoms with Crippen LogP contribution in [0.2, 0.25) is 0 Å². The van der Waals surface area contributed by atoms with Gasteiger partial charge in [0.05, 0.1) is 11.5 Å². The van der Waals surface area contributed by atoms with Gasteiger partial charge in [-0.3, -0.25) is 0 Å². The van der Waals surface area contributed by atoms with E-state index in [0.29, 0.717) is 23.9 Å². The van der Waals surface area contributed by atoms with Gasteiger partial charge in [-0.1, -0.05) is 19.3 Å². The molecule has 0 atom stereocenters. The lowest BCUT2D eigenvalue weighted by atomic mass is 9.90. The van der Waals surface area contributed by atoms with E-state index in [1.807, 2.05) is 0 Å². The minimum absolute atomic E-state index is 0.118. The smallest absolute Gasteiger partial charge is 0.243 e. The molecule has 0 unspecified atom stereocenters. The monoisotopic (exact) mass is 352 g/mol. The molecule has 1 saturated carbocycles. The van der Waals surface area contributed by atoms with Crippen molar-refractivity contribution in [2.45, 2.75) is 55.9 Å². The standard InChI is InChI=1S/C18H28N2O3S/c19-16-10-12-20(13-11-16)24(21,22)18-8-6-17(7-9-18)23-14-15-4-2-1-3-5-15/h6-9,15-16H,1-5,10-14,19H2. The van der Waals surface area contributed by atoms with E-state index in [1.165, 1.54) is 36.4 Å². The van der Waals surface area contributed by atoms with Crippen LogP contribution in [0.3, 0.4) is 0 Å². The number of hydrogen-bond acceptors (Lipinski definition) is 4. The Bertz CT molecular complexity index is 616. The van der Waals surface area contributed by atoms with Crippen LogP contribution in [0, 0.1) is 5.92 Å². The Morgan fingerprint density at radius 1 is 1.00 bits per heavy atom. The Hall–Kier alpha value is -1.11. The Morgan fingerprint density at radius 3 is 2.25 bits per heavy atom. The molecule has 1 aliphatic carbocycles. The SMILES string of the molecule is NC1CCN(S(=O)(=O)c2ccc(OCC3CCCCC3)cc2)CC1. The molecule has 2 aliphatic rings. The molecule has 5 nitrogen and oxygen atoms in total. The first-order valence-corrected chi connectivity index (χ1v) is 10.5. The third-order valence-corrected chi connectivity index (χ3v) is 7.08. The average Bonchev–Trinajstić information content (AvgIpc) is 2.61. The third kappa shape index (κ3) is 4.29. The quantitative estimate of drug-likeness (QED) is 0.884. The predicted octanol–water partition coefficient (Wildman–Crippen LogP) is 2.76. The normalized spacial score (nSPS) is 21.7. The van der Waals surface area contributed by atoms with Crippen LogP contribution in [0.4, 0.5) is 0 Å². The maximum atomic E-state index is 12.7. The summed E-state index contributed by atoms with van der Waals surface area (Å²) in [5.74, 6) is 1.39. The van der Waals surface area contributed by atoms with Gasteiger partial charge in [-0.25, -0.2) is 8.42 Å². The van der Waals surface area contributed by atoms with Gasteiger partial charge in [-0.05, 0) is 55.9 Å². The molecule has 1 aromatic carbocycles. The molecule has 24 heavy (non-hydrogen) atoms. The largest absolute Gasteiger partial charge is 0.493 e. The number of benzene rings is 1. The fraction of sp³-hybridized carbons (Fsp3) is 0.667. The number of hydrogen-bond donors (Lipinski definition) is 1. The summed E-state index contributed by atoms with van der Waals surface area (Å²) in [6, 6.07) is 6.96. The van der Waals surface area contributed by atoms with Gasteiger partial charge in [0.2, 0.25) is 10.0 Å². The minimum Gasteiger partial charge on any atom is -0.493 e. The second kappa shape index (κ2) is 7.85. The van der Waals surface area contributed by atoms with Crippen molar-refractivity contribution in [2.75, 3.05) is 19.7 Å². The maximum absolute atomic E-state index is 12.7. The molecule has 1 aliphatic heterocycles. The van der Waals surface area contributed by atoms with Gasteiger partial charge in [0.25, 0.3) is 0 Å². The van der Waals surface area contributed by atoms with Crippen molar-refractivity contribution in [3.63, 3.8) is 0 Å². The number of ether oxygens (including phenoxy) is 1. The first kappa shape index (κ1) is 17.7. The van der Waals surface area contributed by atoms with Crippen LogP contribution in [0.15, 0.2) is 29.2 Å². The summed E-state index contributed by atoms with van der Waals surface area (Å²) < 4.78 is 32.7. The molecule has 1 aromatic rings. The Labute approximate surface area is 145 Å². The highest BCUT2D eigenvalue weighted by Crippen LogP contribution is 2.26. The fourth-order valence-electron chi connectivity index (χ4n) is 3.54. The molecule has 2 fully saturated rings. The van der Waals surface area contributed by atoms with Crippen molar-refractivity contribution >= 4 is 10.0 Å². The predicted molar refractivity (Wildman–Crippen MR) is 94.5 cm³/mol. The fourth-order valence-corrected chi connectivity index (χ4v) is 5.01. The molecular weight excluding hydrogens is 324 g/mol. The van der Waals surface area contributed by atoms with Crippen LogP contribution >= 0.6 is 0 Å². The Kier molecular flexibility index (Phi) is 5.79. The van der Waals surface area contributed by atoms with Gasteiger partial charge in [-0.15, -0.1) is 0 Å². The van der Waals surface area contributed by atoms with Crippen LogP contribution in [0.1, 0.15) is 44.9 Å². The lowest BCUT2D eigenvalue weighted by molar-refractivity contribution is 0.208. The Morgan fingerprint density at radius 2 is 1.62 bits per heavy atom. The molecule has 0 aromatic heterocycles. The van der Waals surface area contributed by atoms with Crippen LogP contribution in [0.25, 0.3) is 0 Å². The number of sulfonamides is 1. The number of nitrogens with two attached hydrogens (primary N) is 1. The summed E-state index contributed by atoms with van der Waals surface area (Å²) in [6.45, 7) is 1.74. The zero-order chi connectivity index (χ0) is 17.0. The molecule has 2 N–H and O–H groups in total. The molecule has 0 bridgehead atoms. The first-order chi connectivity index (χ1) is 11.6. The van der Waals surface area contributed by atoms with Crippen molar-refractivity contribution in [3.8, 4) is 5.75 Å². The van der Waals surface area contributed by atoms with Gasteiger partial charge in [0, 0.05) is 19.1 Å². The first-order valence-electron chi connectivity index (χ1n) is 9.04. The highest BCUT2D eigenvalue weighted by molar-refractivity contribution is 7.89. The molecule has 134 valence electrons. The molecule has 0 spiro atoms. The summed E-state index contributed by atoms with van der Waals surface area (Å²) in [7, 11) is -3.42. The van der Waals surface area contributed by atoms with Gasteiger partial charge >= 0.3 is 0 Å². The second-order valence-corrected chi connectivity index (χ2v) is 8.97. The number of piperidine rings is 1. The molecule has 1 saturated heterocycles. The summed E-state index contributed by atoms with van der Waals surface area (Å²) >= 11 is 0. The van der Waals surface area contributed by atoms with Crippen LogP contribution in [-0.4, -0.2) is 38.5 Å². The van der Waals surface area contributed by atoms with Gasteiger partial charge < -0.3 is 10.5 Å². The molecule has 1 heterocycles. The highest BCUT2D eigenvalue weighted by Gasteiger charge is 2.28. The van der Waals surface area contributed by atoms with E-state index in [-0.39, 0.29) is 6.04 Å². The van der Waals surface area contributed by atoms with Crippen LogP contribution in [0.5, 0.6) is 5.75 Å². The van der Waals surface area contributed by atoms with E-state index >= 15 is 0 Å². The lowest BCUT2D eigenvalue weighted by Gasteiger charge is -2.29. The summed E-state index contributed by atoms with van der Waals surface area (Å²) in [4.78, 5) is 0.336. The van der Waals surface area contributed by atoms with E-state index in [0.717, 1.165) is 25.2 Å². The Balaban J connectivity index is 1.59. The maximum Gasteiger partial charge on any atom is 0.243 e. The second-order valence-electron chi connectivity index (χ2n) is 7.03. The van der Waals surface area contributed by atoms with E-state index in [1.54, 1.807) is 24.3 Å². The molecule has 6 heteroatoms. The summed E-state index contributed by atoms with van der Waals surface area (Å²) in [6.07, 6.45) is 7.86. The van der Waals surface area contributed by atoms with Crippen molar-refractivity contribution in [3.05, 3.63) is 24.3 Å². The van der Waals surface area contributed by atoms with Crippen LogP contribution in [-0.2, 0) is 10.0 Å². The van der Waals surface area contributed by atoms with E-state index in [4.69, 9.17) is 10.5 Å². The zero-order valence-electron chi connectivity index (χ0n) is 14.2. The van der Waals surface area contributed by atoms with Crippen molar-refractivity contribution in [1.29, 1.82) is 0 Å². The number of nitrogens with zero attached hydrogens (tertiary/aromatic N) is 1. The topological polar surface area (TPSA) is 72.6 Å². The zero-order valence-corrected chi connectivity index (χ0v) is 15.0. The number of rotatable bonds is 5. The van der Waals surface area contributed by atoms with Crippen molar-refractivity contribution in [2.24, 2.45) is 11.7 Å². The van der Waals surface area contributed by atoms with Gasteiger partial charge in [-0.2, -0.15) is 4.31 Å². The van der Waals surface area contributed by atoms with E-state index in [2.05, 4.69) is 0 Å². The summed E-state index contributed by atoms with van der Waals surface area (Å²) in [5.41, 5.74) is 5.86.